The highest BCUT2D eigenvalue weighted by Crippen LogP contribution is 2.18. The normalized spacial score (nSPS) is 13.0. The molecular formula is C14H20Cl2N6O. The first-order valence-electron chi connectivity index (χ1n) is 7.11. The highest BCUT2D eigenvalue weighted by molar-refractivity contribution is 6.30. The molecule has 0 radical (unpaired) electrons. The summed E-state index contributed by atoms with van der Waals surface area (Å²) in [6.45, 7) is 4.12. The van der Waals surface area contributed by atoms with Crippen LogP contribution in [0.2, 0.25) is 5.02 Å². The lowest BCUT2D eigenvalue weighted by molar-refractivity contribution is -0.125. The predicted molar refractivity (Wildman–Crippen MR) is 91.5 cm³/mol. The number of hydrogen-bond donors (Lipinski definition) is 2. The van der Waals surface area contributed by atoms with Crippen molar-refractivity contribution >= 4 is 29.9 Å². The molecule has 0 fully saturated rings. The molecule has 2 rings (SSSR count). The van der Waals surface area contributed by atoms with Crippen LogP contribution in [0.4, 0.5) is 0 Å². The van der Waals surface area contributed by atoms with Gasteiger partial charge in [-0.25, -0.2) is 0 Å². The average molecular weight is 359 g/mol. The first kappa shape index (κ1) is 19.3. The topological polar surface area (TPSA) is 98.7 Å². The van der Waals surface area contributed by atoms with Crippen LogP contribution in [0.5, 0.6) is 0 Å². The molecule has 9 heteroatoms. The number of tetrazole rings is 1. The molecule has 1 aromatic heterocycles. The Hall–Kier alpha value is -1.70. The largest absolute Gasteiger partial charge is 0.350 e. The predicted octanol–water partition coefficient (Wildman–Crippen LogP) is 1.83. The van der Waals surface area contributed by atoms with E-state index in [4.69, 9.17) is 17.3 Å². The van der Waals surface area contributed by atoms with Gasteiger partial charge in [0.2, 0.25) is 11.7 Å². The number of nitrogens with zero attached hydrogens (tertiary/aromatic N) is 4. The lowest BCUT2D eigenvalue weighted by atomic mass is 10.2. The second-order valence-electron chi connectivity index (χ2n) is 5.01. The Labute approximate surface area is 146 Å². The molecule has 1 amide bonds. The first-order valence-corrected chi connectivity index (χ1v) is 7.48. The zero-order chi connectivity index (χ0) is 16.1. The minimum absolute atomic E-state index is 0. The van der Waals surface area contributed by atoms with Gasteiger partial charge in [0.25, 0.3) is 0 Å². The van der Waals surface area contributed by atoms with E-state index in [0.717, 1.165) is 5.56 Å². The fourth-order valence-corrected chi connectivity index (χ4v) is 2.05. The van der Waals surface area contributed by atoms with Crippen LogP contribution < -0.4 is 11.1 Å². The molecule has 0 spiro atoms. The molecule has 0 aliphatic heterocycles. The fraction of sp³-hybridized carbons (Fsp3) is 0.429. The van der Waals surface area contributed by atoms with E-state index in [2.05, 4.69) is 20.7 Å². The van der Waals surface area contributed by atoms with E-state index in [1.807, 2.05) is 13.8 Å². The van der Waals surface area contributed by atoms with Gasteiger partial charge in [0.05, 0.1) is 0 Å². The molecule has 1 heterocycles. The zero-order valence-electron chi connectivity index (χ0n) is 12.9. The van der Waals surface area contributed by atoms with Gasteiger partial charge >= 0.3 is 0 Å². The second kappa shape index (κ2) is 8.81. The molecule has 1 aromatic carbocycles. The molecule has 2 atom stereocenters. The van der Waals surface area contributed by atoms with Crippen LogP contribution in [0, 0.1) is 0 Å². The van der Waals surface area contributed by atoms with Gasteiger partial charge in [-0.15, -0.1) is 22.6 Å². The van der Waals surface area contributed by atoms with E-state index >= 15 is 0 Å². The van der Waals surface area contributed by atoms with Crippen molar-refractivity contribution in [3.05, 3.63) is 29.3 Å². The average Bonchev–Trinajstić information content (AvgIpc) is 2.98. The third kappa shape index (κ3) is 4.89. The summed E-state index contributed by atoms with van der Waals surface area (Å²) in [6.07, 6.45) is 0.555. The third-order valence-corrected chi connectivity index (χ3v) is 3.49. The summed E-state index contributed by atoms with van der Waals surface area (Å²) in [5, 5.41) is 15.7. The number of aromatic nitrogens is 4. The number of rotatable bonds is 6. The van der Waals surface area contributed by atoms with E-state index < -0.39 is 6.04 Å². The van der Waals surface area contributed by atoms with Gasteiger partial charge in [-0.2, -0.15) is 4.80 Å². The van der Waals surface area contributed by atoms with Crippen LogP contribution in [-0.2, 0) is 4.79 Å². The fourth-order valence-electron chi connectivity index (χ4n) is 1.92. The molecule has 1 unspecified atom stereocenters. The third-order valence-electron chi connectivity index (χ3n) is 3.24. The van der Waals surface area contributed by atoms with E-state index in [-0.39, 0.29) is 24.4 Å². The maximum absolute atomic E-state index is 12.2. The van der Waals surface area contributed by atoms with Crippen LogP contribution in [0.3, 0.4) is 0 Å². The maximum atomic E-state index is 12.2. The van der Waals surface area contributed by atoms with Crippen molar-refractivity contribution in [2.45, 2.75) is 32.4 Å². The smallest absolute Gasteiger partial charge is 0.247 e. The molecule has 7 nitrogen and oxygen atoms in total. The summed E-state index contributed by atoms with van der Waals surface area (Å²) >= 11 is 5.86. The number of carbonyl (C=O) groups is 1. The highest BCUT2D eigenvalue weighted by atomic mass is 35.5. The van der Waals surface area contributed by atoms with Gasteiger partial charge in [-0.3, -0.25) is 4.79 Å². The minimum atomic E-state index is -0.512. The van der Waals surface area contributed by atoms with Crippen molar-refractivity contribution in [2.24, 2.45) is 5.73 Å². The van der Waals surface area contributed by atoms with Crippen LogP contribution in [0.1, 0.15) is 26.3 Å². The summed E-state index contributed by atoms with van der Waals surface area (Å²) in [6, 6.07) is 6.51. The van der Waals surface area contributed by atoms with Gasteiger partial charge in [0.1, 0.15) is 0 Å². The molecule has 0 saturated heterocycles. The minimum Gasteiger partial charge on any atom is -0.350 e. The van der Waals surface area contributed by atoms with Crippen LogP contribution in [0.25, 0.3) is 11.4 Å². The van der Waals surface area contributed by atoms with E-state index in [9.17, 15) is 4.79 Å². The zero-order valence-corrected chi connectivity index (χ0v) is 14.5. The molecule has 3 N–H and O–H groups in total. The Bertz CT molecular complexity index is 630. The number of hydrogen-bond acceptors (Lipinski definition) is 5. The van der Waals surface area contributed by atoms with Crippen molar-refractivity contribution in [2.75, 3.05) is 6.54 Å². The SMILES string of the molecule is CCC(C(=O)N[C@@H](C)CN)n1nnc(-c2ccc(Cl)cc2)n1.Cl. The van der Waals surface area contributed by atoms with Gasteiger partial charge in [0, 0.05) is 23.2 Å². The van der Waals surface area contributed by atoms with Crippen molar-refractivity contribution in [3.8, 4) is 11.4 Å². The van der Waals surface area contributed by atoms with E-state index in [1.54, 1.807) is 24.3 Å². The number of halogens is 2. The first-order chi connectivity index (χ1) is 10.5. The van der Waals surface area contributed by atoms with Crippen molar-refractivity contribution < 1.29 is 4.79 Å². The molecule has 23 heavy (non-hydrogen) atoms. The lowest BCUT2D eigenvalue weighted by Crippen LogP contribution is -2.42. The van der Waals surface area contributed by atoms with Crippen molar-refractivity contribution in [3.63, 3.8) is 0 Å². The summed E-state index contributed by atoms with van der Waals surface area (Å²) in [7, 11) is 0. The second-order valence-corrected chi connectivity index (χ2v) is 5.45. The number of amides is 1. The molecular weight excluding hydrogens is 339 g/mol. The summed E-state index contributed by atoms with van der Waals surface area (Å²) in [5.74, 6) is 0.287. The molecule has 0 aliphatic rings. The van der Waals surface area contributed by atoms with Gasteiger partial charge < -0.3 is 11.1 Å². The highest BCUT2D eigenvalue weighted by Gasteiger charge is 2.22. The number of carbonyl (C=O) groups excluding carboxylic acids is 1. The van der Waals surface area contributed by atoms with Gasteiger partial charge in [0.15, 0.2) is 6.04 Å². The standard InChI is InChI=1S/C14H19ClN6O.ClH/c1-3-12(14(22)17-9(2)8-16)21-19-13(18-20-21)10-4-6-11(15)7-5-10;/h4-7,9,12H,3,8,16H2,1-2H3,(H,17,22);1H/t9-,12?;/m0./s1. The molecule has 2 aromatic rings. The van der Waals surface area contributed by atoms with E-state index in [1.165, 1.54) is 4.80 Å². The quantitative estimate of drug-likeness (QED) is 0.820. The van der Waals surface area contributed by atoms with Crippen molar-refractivity contribution in [1.29, 1.82) is 0 Å². The van der Waals surface area contributed by atoms with E-state index in [0.29, 0.717) is 23.8 Å². The van der Waals surface area contributed by atoms with Crippen LogP contribution >= 0.6 is 24.0 Å². The lowest BCUT2D eigenvalue weighted by Gasteiger charge is -2.16. The maximum Gasteiger partial charge on any atom is 0.247 e. The Morgan fingerprint density at radius 2 is 2.04 bits per heavy atom. The Kier molecular flexibility index (Phi) is 7.41. The van der Waals surface area contributed by atoms with Crippen molar-refractivity contribution in [1.82, 2.24) is 25.5 Å². The van der Waals surface area contributed by atoms with Crippen LogP contribution in [0.15, 0.2) is 24.3 Å². The Morgan fingerprint density at radius 1 is 1.39 bits per heavy atom. The van der Waals surface area contributed by atoms with Crippen LogP contribution in [-0.4, -0.2) is 38.7 Å². The number of nitrogens with two attached hydrogens (primary N) is 1. The van der Waals surface area contributed by atoms with Gasteiger partial charge in [-0.1, -0.05) is 18.5 Å². The molecule has 126 valence electrons. The monoisotopic (exact) mass is 358 g/mol. The van der Waals surface area contributed by atoms with Gasteiger partial charge in [-0.05, 0) is 42.8 Å². The number of nitrogens with one attached hydrogen (secondary N) is 1. The molecule has 0 bridgehead atoms. The Balaban J connectivity index is 0.00000264. The summed E-state index contributed by atoms with van der Waals surface area (Å²) < 4.78 is 0. The number of benzene rings is 1. The Morgan fingerprint density at radius 3 is 2.61 bits per heavy atom. The molecule has 0 aliphatic carbocycles. The molecule has 0 saturated carbocycles. The summed E-state index contributed by atoms with van der Waals surface area (Å²) in [4.78, 5) is 13.6. The summed E-state index contributed by atoms with van der Waals surface area (Å²) in [5.41, 5.74) is 6.31.